The van der Waals surface area contributed by atoms with E-state index in [9.17, 15) is 14.4 Å². The second-order valence-electron chi connectivity index (χ2n) is 8.74. The van der Waals surface area contributed by atoms with Gasteiger partial charge in [-0.3, -0.25) is 14.4 Å². The molecule has 0 bridgehead atoms. The summed E-state index contributed by atoms with van der Waals surface area (Å²) >= 11 is 6.52. The summed E-state index contributed by atoms with van der Waals surface area (Å²) in [5, 5.41) is 0.593. The molecule has 1 heterocycles. The van der Waals surface area contributed by atoms with Crippen LogP contribution in [-0.4, -0.2) is 42.3 Å². The highest BCUT2D eigenvalue weighted by atomic mass is 35.5. The van der Waals surface area contributed by atoms with E-state index in [0.717, 1.165) is 16.7 Å². The van der Waals surface area contributed by atoms with Gasteiger partial charge in [0.2, 0.25) is 0 Å². The van der Waals surface area contributed by atoms with Crippen LogP contribution >= 0.6 is 11.6 Å². The number of hydrogen-bond donors (Lipinski definition) is 0. The van der Waals surface area contributed by atoms with Crippen LogP contribution in [0.3, 0.4) is 0 Å². The fourth-order valence-corrected chi connectivity index (χ4v) is 4.51. The molecule has 0 N–H and O–H groups in total. The monoisotopic (exact) mass is 502 g/mol. The molecule has 3 rings (SSSR count). The summed E-state index contributed by atoms with van der Waals surface area (Å²) in [7, 11) is 0. The van der Waals surface area contributed by atoms with E-state index in [1.165, 1.54) is 20.8 Å². The zero-order chi connectivity index (χ0) is 25.7. The second kappa shape index (κ2) is 11.7. The number of rotatable bonds is 7. The van der Waals surface area contributed by atoms with E-state index in [1.807, 2.05) is 44.2 Å². The van der Waals surface area contributed by atoms with Crippen LogP contribution in [0, 0.1) is 6.92 Å². The van der Waals surface area contributed by atoms with Gasteiger partial charge in [-0.05, 0) is 42.5 Å². The van der Waals surface area contributed by atoms with Crippen LogP contribution in [0.25, 0.3) is 0 Å². The van der Waals surface area contributed by atoms with E-state index in [4.69, 9.17) is 30.5 Å². The molecule has 188 valence electrons. The summed E-state index contributed by atoms with van der Waals surface area (Å²) in [5.41, 5.74) is 3.84. The summed E-state index contributed by atoms with van der Waals surface area (Å²) in [6.07, 6.45) is -3.29. The maximum absolute atomic E-state index is 12.0. The lowest BCUT2D eigenvalue weighted by molar-refractivity contribution is -0.249. The second-order valence-corrected chi connectivity index (χ2v) is 9.15. The Morgan fingerprint density at radius 2 is 1.43 bits per heavy atom. The average molecular weight is 503 g/mol. The molecule has 1 aliphatic heterocycles. The largest absolute Gasteiger partial charge is 0.456 e. The van der Waals surface area contributed by atoms with Gasteiger partial charge in [0, 0.05) is 25.8 Å². The number of hydrogen-bond acceptors (Lipinski definition) is 7. The maximum Gasteiger partial charge on any atom is 0.303 e. The van der Waals surface area contributed by atoms with Crippen molar-refractivity contribution in [3.05, 3.63) is 69.7 Å². The molecule has 35 heavy (non-hydrogen) atoms. The number of aryl methyl sites for hydroxylation is 1. The first-order valence-corrected chi connectivity index (χ1v) is 12.0. The van der Waals surface area contributed by atoms with Crippen LogP contribution in [0.4, 0.5) is 0 Å². The molecule has 2 aromatic carbocycles. The van der Waals surface area contributed by atoms with E-state index in [0.29, 0.717) is 23.4 Å². The molecule has 1 fully saturated rings. The van der Waals surface area contributed by atoms with Gasteiger partial charge in [-0.1, -0.05) is 60.5 Å². The Morgan fingerprint density at radius 3 is 2.00 bits per heavy atom. The van der Waals surface area contributed by atoms with Crippen molar-refractivity contribution in [2.45, 2.75) is 78.0 Å². The SMILES string of the molecule is CC[C@H]1O[C@@H](c2ccc(Cl)c(Cc3ccc(C)cc3)c2)[C@H](OC(C)=O)[C@@H](OC(C)=O)[C@@H]1OC(C)=O. The number of esters is 3. The molecule has 1 saturated heterocycles. The fourth-order valence-electron chi connectivity index (χ4n) is 4.32. The molecular weight excluding hydrogens is 472 g/mol. The molecule has 2 aromatic rings. The molecule has 1 aliphatic rings. The third kappa shape index (κ3) is 6.83. The minimum atomic E-state index is -1.04. The number of carbonyl (C=O) groups excluding carboxylic acids is 3. The van der Waals surface area contributed by atoms with Crippen LogP contribution in [-0.2, 0) is 39.8 Å². The van der Waals surface area contributed by atoms with Crippen molar-refractivity contribution in [3.63, 3.8) is 0 Å². The van der Waals surface area contributed by atoms with Gasteiger partial charge in [0.25, 0.3) is 0 Å². The van der Waals surface area contributed by atoms with E-state index >= 15 is 0 Å². The first-order chi connectivity index (χ1) is 16.6. The summed E-state index contributed by atoms with van der Waals surface area (Å²) in [6, 6.07) is 13.7. The summed E-state index contributed by atoms with van der Waals surface area (Å²) in [6.45, 7) is 7.68. The number of benzene rings is 2. The van der Waals surface area contributed by atoms with Crippen LogP contribution in [0.15, 0.2) is 42.5 Å². The van der Waals surface area contributed by atoms with E-state index < -0.39 is 48.4 Å². The van der Waals surface area contributed by atoms with Gasteiger partial charge in [0.05, 0.1) is 6.10 Å². The Morgan fingerprint density at radius 1 is 0.857 bits per heavy atom. The van der Waals surface area contributed by atoms with Gasteiger partial charge >= 0.3 is 17.9 Å². The molecule has 0 aromatic heterocycles. The highest BCUT2D eigenvalue weighted by molar-refractivity contribution is 6.31. The Kier molecular flexibility index (Phi) is 8.92. The lowest BCUT2D eigenvalue weighted by Gasteiger charge is -2.44. The van der Waals surface area contributed by atoms with Crippen LogP contribution in [0.2, 0.25) is 5.02 Å². The Bertz CT molecular complexity index is 1070. The molecule has 0 spiro atoms. The molecule has 0 radical (unpaired) electrons. The first kappa shape index (κ1) is 26.7. The highest BCUT2D eigenvalue weighted by Gasteiger charge is 2.51. The summed E-state index contributed by atoms with van der Waals surface area (Å²) in [5.74, 6) is -1.72. The number of halogens is 1. The minimum Gasteiger partial charge on any atom is -0.456 e. The van der Waals surface area contributed by atoms with E-state index in [2.05, 4.69) is 0 Å². The Labute approximate surface area is 210 Å². The quantitative estimate of drug-likeness (QED) is 0.393. The molecule has 5 atom stereocenters. The highest BCUT2D eigenvalue weighted by Crippen LogP contribution is 2.39. The smallest absolute Gasteiger partial charge is 0.303 e. The average Bonchev–Trinajstić information content (AvgIpc) is 2.78. The topological polar surface area (TPSA) is 88.1 Å². The summed E-state index contributed by atoms with van der Waals surface area (Å²) < 4.78 is 23.0. The van der Waals surface area contributed by atoms with E-state index in [-0.39, 0.29) is 0 Å². The lowest BCUT2D eigenvalue weighted by Crippen LogP contribution is -2.58. The Balaban J connectivity index is 2.03. The lowest BCUT2D eigenvalue weighted by atomic mass is 9.88. The van der Waals surface area contributed by atoms with E-state index in [1.54, 1.807) is 12.1 Å². The van der Waals surface area contributed by atoms with Crippen LogP contribution < -0.4 is 0 Å². The van der Waals surface area contributed by atoms with Gasteiger partial charge in [-0.15, -0.1) is 0 Å². The zero-order valence-corrected chi connectivity index (χ0v) is 21.3. The van der Waals surface area contributed by atoms with Gasteiger partial charge in [0.15, 0.2) is 18.3 Å². The normalized spacial score (nSPS) is 23.9. The molecule has 0 unspecified atom stereocenters. The predicted molar refractivity (Wildman–Crippen MR) is 130 cm³/mol. The molecule has 0 aliphatic carbocycles. The molecular formula is C27H31ClO7. The van der Waals surface area contributed by atoms with Crippen LogP contribution in [0.1, 0.15) is 62.5 Å². The third-order valence-corrected chi connectivity index (χ3v) is 6.22. The predicted octanol–water partition coefficient (Wildman–Crippen LogP) is 4.88. The van der Waals surface area contributed by atoms with Crippen molar-refractivity contribution >= 4 is 29.5 Å². The van der Waals surface area contributed by atoms with Gasteiger partial charge in [-0.25, -0.2) is 0 Å². The van der Waals surface area contributed by atoms with Crippen molar-refractivity contribution in [2.24, 2.45) is 0 Å². The van der Waals surface area contributed by atoms with Gasteiger partial charge in [0.1, 0.15) is 6.10 Å². The van der Waals surface area contributed by atoms with Gasteiger partial charge in [-0.2, -0.15) is 0 Å². The summed E-state index contributed by atoms with van der Waals surface area (Å²) in [4.78, 5) is 35.8. The number of ether oxygens (including phenoxy) is 4. The zero-order valence-electron chi connectivity index (χ0n) is 20.6. The molecule has 0 saturated carbocycles. The van der Waals surface area contributed by atoms with Crippen molar-refractivity contribution in [1.29, 1.82) is 0 Å². The fraction of sp³-hybridized carbons (Fsp3) is 0.444. The molecule has 7 nitrogen and oxygen atoms in total. The van der Waals surface area contributed by atoms with Crippen molar-refractivity contribution in [2.75, 3.05) is 0 Å². The van der Waals surface area contributed by atoms with Crippen molar-refractivity contribution < 1.29 is 33.3 Å². The first-order valence-electron chi connectivity index (χ1n) is 11.6. The third-order valence-electron chi connectivity index (χ3n) is 5.86. The Hall–Kier alpha value is -2.90. The standard InChI is InChI=1S/C27H31ClO7/c1-6-23-25(32-16(3)29)27(34-18(5)31)26(33-17(4)30)24(35-23)20-11-12-22(28)21(14-20)13-19-9-7-15(2)8-10-19/h7-12,14,23-27H,6,13H2,1-5H3/t23-,24+,25-,26+,27+/m1/s1. The number of carbonyl (C=O) groups is 3. The van der Waals surface area contributed by atoms with Crippen molar-refractivity contribution in [3.8, 4) is 0 Å². The minimum absolute atomic E-state index is 0.475. The maximum atomic E-state index is 12.0. The van der Waals surface area contributed by atoms with Crippen molar-refractivity contribution in [1.82, 2.24) is 0 Å². The molecule has 8 heteroatoms. The van der Waals surface area contributed by atoms with Crippen LogP contribution in [0.5, 0.6) is 0 Å². The van der Waals surface area contributed by atoms with Gasteiger partial charge < -0.3 is 18.9 Å². The molecule has 0 amide bonds.